The summed E-state index contributed by atoms with van der Waals surface area (Å²) < 4.78 is 6.93. The third-order valence-electron chi connectivity index (χ3n) is 4.10. The maximum Gasteiger partial charge on any atom is 0.335 e. The minimum Gasteiger partial charge on any atom is -0.495 e. The van der Waals surface area contributed by atoms with Gasteiger partial charge in [-0.05, 0) is 39.0 Å². The SMILES string of the molecule is COc1cc(C(=O)O)ccc1NC(=O)C(C)c1c(C)nn(C)c1C. The number of aromatic carboxylic acids is 1. The number of hydrogen-bond donors (Lipinski definition) is 2. The van der Waals surface area contributed by atoms with Crippen molar-refractivity contribution in [1.29, 1.82) is 0 Å². The molecule has 0 spiro atoms. The summed E-state index contributed by atoms with van der Waals surface area (Å²) in [5.41, 5.74) is 3.15. The predicted octanol–water partition coefficient (Wildman–Crippen LogP) is 2.49. The number of carbonyl (C=O) groups excluding carboxylic acids is 1. The molecule has 7 nitrogen and oxygen atoms in total. The maximum atomic E-state index is 12.6. The van der Waals surface area contributed by atoms with E-state index in [2.05, 4.69) is 10.4 Å². The summed E-state index contributed by atoms with van der Waals surface area (Å²) in [7, 11) is 3.26. The second-order valence-electron chi connectivity index (χ2n) is 5.64. The molecule has 1 atom stereocenters. The third-order valence-corrected chi connectivity index (χ3v) is 4.10. The van der Waals surface area contributed by atoms with E-state index >= 15 is 0 Å². The number of aromatic nitrogens is 2. The van der Waals surface area contributed by atoms with Crippen molar-refractivity contribution in [3.63, 3.8) is 0 Å². The van der Waals surface area contributed by atoms with Crippen LogP contribution in [0, 0.1) is 13.8 Å². The number of amides is 1. The Morgan fingerprint density at radius 2 is 2.00 bits per heavy atom. The molecule has 1 aromatic heterocycles. The molecular weight excluding hydrogens is 310 g/mol. The highest BCUT2D eigenvalue weighted by molar-refractivity contribution is 5.98. The van der Waals surface area contributed by atoms with Gasteiger partial charge in [-0.3, -0.25) is 9.48 Å². The normalized spacial score (nSPS) is 11.9. The van der Waals surface area contributed by atoms with Crippen LogP contribution in [0.15, 0.2) is 18.2 Å². The van der Waals surface area contributed by atoms with Gasteiger partial charge in [-0.2, -0.15) is 5.10 Å². The van der Waals surface area contributed by atoms with Crippen molar-refractivity contribution in [2.45, 2.75) is 26.7 Å². The van der Waals surface area contributed by atoms with Crippen molar-refractivity contribution in [3.05, 3.63) is 40.7 Å². The molecule has 0 saturated heterocycles. The smallest absolute Gasteiger partial charge is 0.335 e. The number of carboxylic acid groups (broad SMARTS) is 1. The van der Waals surface area contributed by atoms with Crippen LogP contribution in [0.25, 0.3) is 0 Å². The number of anilines is 1. The summed E-state index contributed by atoms with van der Waals surface area (Å²) >= 11 is 0. The minimum absolute atomic E-state index is 0.0943. The highest BCUT2D eigenvalue weighted by Gasteiger charge is 2.23. The fourth-order valence-corrected chi connectivity index (χ4v) is 2.72. The first-order valence-electron chi connectivity index (χ1n) is 7.48. The number of carbonyl (C=O) groups is 2. The van der Waals surface area contributed by atoms with Crippen LogP contribution in [-0.4, -0.2) is 33.9 Å². The Kier molecular flexibility index (Phi) is 4.92. The lowest BCUT2D eigenvalue weighted by Gasteiger charge is -2.15. The predicted molar refractivity (Wildman–Crippen MR) is 89.7 cm³/mol. The number of nitrogens with zero attached hydrogens (tertiary/aromatic N) is 2. The Morgan fingerprint density at radius 1 is 1.33 bits per heavy atom. The highest BCUT2D eigenvalue weighted by Crippen LogP contribution is 2.29. The Balaban J connectivity index is 2.27. The molecular formula is C17H21N3O4. The molecule has 1 unspecified atom stereocenters. The van der Waals surface area contributed by atoms with Crippen LogP contribution in [0.4, 0.5) is 5.69 Å². The van der Waals surface area contributed by atoms with E-state index in [9.17, 15) is 9.59 Å². The van der Waals surface area contributed by atoms with Crippen molar-refractivity contribution < 1.29 is 19.4 Å². The van der Waals surface area contributed by atoms with Gasteiger partial charge in [-0.25, -0.2) is 4.79 Å². The molecule has 128 valence electrons. The average Bonchev–Trinajstić information content (AvgIpc) is 2.79. The van der Waals surface area contributed by atoms with E-state index in [1.54, 1.807) is 4.68 Å². The number of hydrogen-bond acceptors (Lipinski definition) is 4. The summed E-state index contributed by atoms with van der Waals surface area (Å²) in [4.78, 5) is 23.6. The first kappa shape index (κ1) is 17.5. The Bertz CT molecular complexity index is 795. The zero-order valence-corrected chi connectivity index (χ0v) is 14.4. The van der Waals surface area contributed by atoms with Crippen molar-refractivity contribution in [1.82, 2.24) is 9.78 Å². The van der Waals surface area contributed by atoms with E-state index in [-0.39, 0.29) is 11.5 Å². The standard InChI is InChI=1S/C17H21N3O4/c1-9(15-10(2)19-20(4)11(15)3)16(21)18-13-7-6-12(17(22)23)8-14(13)24-5/h6-9H,1-5H3,(H,18,21)(H,22,23). The largest absolute Gasteiger partial charge is 0.495 e. The summed E-state index contributed by atoms with van der Waals surface area (Å²) in [5, 5.41) is 16.2. The number of benzene rings is 1. The molecule has 0 bridgehead atoms. The van der Waals surface area contributed by atoms with Gasteiger partial charge in [0.05, 0.1) is 30.0 Å². The van der Waals surface area contributed by atoms with E-state index in [0.29, 0.717) is 11.4 Å². The van der Waals surface area contributed by atoms with Crippen LogP contribution in [0.3, 0.4) is 0 Å². The van der Waals surface area contributed by atoms with Crippen molar-refractivity contribution in [2.24, 2.45) is 7.05 Å². The zero-order chi connectivity index (χ0) is 18.0. The van der Waals surface area contributed by atoms with Gasteiger partial charge in [0.2, 0.25) is 5.91 Å². The monoisotopic (exact) mass is 331 g/mol. The van der Waals surface area contributed by atoms with E-state index in [4.69, 9.17) is 9.84 Å². The van der Waals surface area contributed by atoms with Crippen molar-refractivity contribution in [2.75, 3.05) is 12.4 Å². The fourth-order valence-electron chi connectivity index (χ4n) is 2.72. The highest BCUT2D eigenvalue weighted by atomic mass is 16.5. The Hall–Kier alpha value is -2.83. The van der Waals surface area contributed by atoms with Crippen LogP contribution in [0.1, 0.15) is 40.2 Å². The maximum absolute atomic E-state index is 12.6. The molecule has 0 saturated carbocycles. The molecule has 1 aromatic carbocycles. The number of ether oxygens (including phenoxy) is 1. The first-order chi connectivity index (χ1) is 11.3. The second kappa shape index (κ2) is 6.74. The van der Waals surface area contributed by atoms with Crippen LogP contribution < -0.4 is 10.1 Å². The van der Waals surface area contributed by atoms with Crippen molar-refractivity contribution in [3.8, 4) is 5.75 Å². The minimum atomic E-state index is -1.05. The lowest BCUT2D eigenvalue weighted by molar-refractivity contribution is -0.117. The van der Waals surface area contributed by atoms with Gasteiger partial charge in [0.15, 0.2) is 0 Å². The second-order valence-corrected chi connectivity index (χ2v) is 5.64. The average molecular weight is 331 g/mol. The molecule has 2 aromatic rings. The lowest BCUT2D eigenvalue weighted by atomic mass is 9.98. The van der Waals surface area contributed by atoms with Gasteiger partial charge in [-0.15, -0.1) is 0 Å². The molecule has 1 amide bonds. The van der Waals surface area contributed by atoms with E-state index < -0.39 is 11.9 Å². The Labute approximate surface area is 140 Å². The molecule has 7 heteroatoms. The molecule has 0 aliphatic heterocycles. The molecule has 0 aliphatic carbocycles. The molecule has 0 fully saturated rings. The number of rotatable bonds is 5. The lowest BCUT2D eigenvalue weighted by Crippen LogP contribution is -2.20. The quantitative estimate of drug-likeness (QED) is 0.878. The van der Waals surface area contributed by atoms with Gasteiger partial charge in [0, 0.05) is 18.3 Å². The van der Waals surface area contributed by atoms with Crippen LogP contribution in [-0.2, 0) is 11.8 Å². The van der Waals surface area contributed by atoms with Gasteiger partial charge in [0.1, 0.15) is 5.75 Å². The van der Waals surface area contributed by atoms with Crippen LogP contribution in [0.5, 0.6) is 5.75 Å². The molecule has 1 heterocycles. The van der Waals surface area contributed by atoms with E-state index in [1.165, 1.54) is 25.3 Å². The number of methoxy groups -OCH3 is 1. The molecule has 24 heavy (non-hydrogen) atoms. The third kappa shape index (κ3) is 3.24. The fraction of sp³-hybridized carbons (Fsp3) is 0.353. The van der Waals surface area contributed by atoms with Gasteiger partial charge in [-0.1, -0.05) is 0 Å². The van der Waals surface area contributed by atoms with Crippen molar-refractivity contribution >= 4 is 17.6 Å². The zero-order valence-electron chi connectivity index (χ0n) is 14.4. The topological polar surface area (TPSA) is 93.4 Å². The van der Waals surface area contributed by atoms with Crippen LogP contribution >= 0.6 is 0 Å². The number of aryl methyl sites for hydroxylation is 2. The molecule has 0 radical (unpaired) electrons. The molecule has 2 N–H and O–H groups in total. The summed E-state index contributed by atoms with van der Waals surface area (Å²) in [6, 6.07) is 4.32. The summed E-state index contributed by atoms with van der Waals surface area (Å²) in [5.74, 6) is -1.37. The van der Waals surface area contributed by atoms with Gasteiger partial charge < -0.3 is 15.2 Å². The molecule has 2 rings (SSSR count). The number of carboxylic acids is 1. The molecule has 0 aliphatic rings. The summed E-state index contributed by atoms with van der Waals surface area (Å²) in [6.07, 6.45) is 0. The first-order valence-corrected chi connectivity index (χ1v) is 7.48. The van der Waals surface area contributed by atoms with Gasteiger partial charge >= 0.3 is 5.97 Å². The van der Waals surface area contributed by atoms with E-state index in [0.717, 1.165) is 17.0 Å². The van der Waals surface area contributed by atoms with E-state index in [1.807, 2.05) is 27.8 Å². The number of nitrogens with one attached hydrogen (secondary N) is 1. The van der Waals surface area contributed by atoms with Crippen LogP contribution in [0.2, 0.25) is 0 Å². The van der Waals surface area contributed by atoms with Gasteiger partial charge in [0.25, 0.3) is 0 Å². The Morgan fingerprint density at radius 3 is 2.50 bits per heavy atom. The summed E-state index contributed by atoms with van der Waals surface area (Å²) in [6.45, 7) is 5.60.